The van der Waals surface area contributed by atoms with Crippen molar-refractivity contribution in [2.45, 2.75) is 12.3 Å². The highest BCUT2D eigenvalue weighted by Gasteiger charge is 2.45. The van der Waals surface area contributed by atoms with Gasteiger partial charge in [-0.05, 0) is 24.6 Å². The third-order valence-corrected chi connectivity index (χ3v) is 3.54. The first kappa shape index (κ1) is 11.2. The highest BCUT2D eigenvalue weighted by Crippen LogP contribution is 2.38. The number of anilines is 1. The van der Waals surface area contributed by atoms with Crippen LogP contribution in [0.25, 0.3) is 0 Å². The summed E-state index contributed by atoms with van der Waals surface area (Å²) in [6.07, 6.45) is 0. The normalized spacial score (nSPS) is 20.2. The number of Topliss-reactive ketones (excluding diaryl/α,β-unsaturated/α-hetero) is 1. The molecule has 1 fully saturated rings. The third kappa shape index (κ3) is 1.51. The first-order valence-corrected chi connectivity index (χ1v) is 5.78. The molecule has 5 heteroatoms. The quantitative estimate of drug-likeness (QED) is 0.842. The van der Waals surface area contributed by atoms with E-state index in [1.54, 1.807) is 19.1 Å². The van der Waals surface area contributed by atoms with Gasteiger partial charge in [0.25, 0.3) is 5.91 Å². The number of fused-ring (bicyclic) bond motifs is 1. The lowest BCUT2D eigenvalue weighted by molar-refractivity contribution is -0.140. The maximum absolute atomic E-state index is 11.8. The van der Waals surface area contributed by atoms with Crippen LogP contribution in [0.15, 0.2) is 18.2 Å². The molecule has 2 aliphatic heterocycles. The smallest absolute Gasteiger partial charge is 0.262 e. The number of hydrogen-bond donors (Lipinski definition) is 1. The zero-order valence-corrected chi connectivity index (χ0v) is 9.99. The molecule has 0 aliphatic carbocycles. The van der Waals surface area contributed by atoms with Gasteiger partial charge in [0, 0.05) is 0 Å². The first-order valence-electron chi connectivity index (χ1n) is 5.78. The summed E-state index contributed by atoms with van der Waals surface area (Å²) in [6.45, 7) is 2.40. The first-order chi connectivity index (χ1) is 8.62. The Labute approximate surface area is 104 Å². The second kappa shape index (κ2) is 3.81. The summed E-state index contributed by atoms with van der Waals surface area (Å²) in [5.41, 5.74) is 0.930. The van der Waals surface area contributed by atoms with Crippen LogP contribution in [0, 0.1) is 0 Å². The summed E-state index contributed by atoms with van der Waals surface area (Å²) in [6, 6.07) is 5.45. The molecule has 1 aromatic carbocycles. The molecule has 0 atom stereocenters. The van der Waals surface area contributed by atoms with E-state index in [1.807, 2.05) is 6.07 Å². The molecule has 0 aromatic heterocycles. The van der Waals surface area contributed by atoms with E-state index in [4.69, 9.17) is 9.47 Å². The number of carbonyl (C=O) groups excluding carboxylic acids is 2. The molecular weight excluding hydrogens is 234 g/mol. The summed E-state index contributed by atoms with van der Waals surface area (Å²) in [5, 5.41) is 2.74. The van der Waals surface area contributed by atoms with Gasteiger partial charge in [-0.15, -0.1) is 0 Å². The molecule has 0 spiro atoms. The van der Waals surface area contributed by atoms with E-state index in [9.17, 15) is 9.59 Å². The van der Waals surface area contributed by atoms with Gasteiger partial charge < -0.3 is 14.8 Å². The Balaban J connectivity index is 2.01. The van der Waals surface area contributed by atoms with Gasteiger partial charge in [0.2, 0.25) is 0 Å². The van der Waals surface area contributed by atoms with E-state index < -0.39 is 5.41 Å². The Hall–Kier alpha value is -1.88. The number of amides is 1. The van der Waals surface area contributed by atoms with Crippen molar-refractivity contribution in [2.24, 2.45) is 0 Å². The molecule has 1 aromatic rings. The zero-order chi connectivity index (χ0) is 12.8. The van der Waals surface area contributed by atoms with Crippen LogP contribution in [0.5, 0.6) is 5.75 Å². The topological polar surface area (TPSA) is 64.6 Å². The van der Waals surface area contributed by atoms with Gasteiger partial charge in [-0.1, -0.05) is 6.07 Å². The van der Waals surface area contributed by atoms with Crippen LogP contribution in [0.4, 0.5) is 5.69 Å². The van der Waals surface area contributed by atoms with Crippen LogP contribution in [0.3, 0.4) is 0 Å². The molecule has 94 valence electrons. The van der Waals surface area contributed by atoms with Crippen molar-refractivity contribution in [1.29, 1.82) is 0 Å². The maximum atomic E-state index is 11.8. The molecule has 1 saturated heterocycles. The number of benzene rings is 1. The summed E-state index contributed by atoms with van der Waals surface area (Å²) in [5.74, 6) is 0.537. The fraction of sp³-hybridized carbons (Fsp3) is 0.385. The Bertz CT molecular complexity index is 534. The van der Waals surface area contributed by atoms with Gasteiger partial charge >= 0.3 is 0 Å². The molecule has 2 aliphatic rings. The molecule has 1 N–H and O–H groups in total. The Morgan fingerprint density at radius 3 is 2.78 bits per heavy atom. The predicted octanol–water partition coefficient (Wildman–Crippen LogP) is 0.874. The van der Waals surface area contributed by atoms with Gasteiger partial charge in [0.1, 0.15) is 16.9 Å². The highest BCUT2D eigenvalue weighted by atomic mass is 16.5. The average molecular weight is 247 g/mol. The molecule has 0 saturated carbocycles. The number of ketones is 1. The SMILES string of the molecule is CC(=O)C1(c2ccc3c(c2)NC(=O)CO3)COC1. The number of rotatable bonds is 2. The standard InChI is InChI=1S/C13H13NO4/c1-8(15)13(6-17-7-13)9-2-3-11-10(4-9)14-12(16)5-18-11/h2-4H,5-7H2,1H3,(H,14,16). The molecule has 0 radical (unpaired) electrons. The Morgan fingerprint density at radius 1 is 1.39 bits per heavy atom. The lowest BCUT2D eigenvalue weighted by Crippen LogP contribution is -2.52. The van der Waals surface area contributed by atoms with E-state index in [0.29, 0.717) is 24.7 Å². The Morgan fingerprint density at radius 2 is 2.17 bits per heavy atom. The number of carbonyl (C=O) groups is 2. The van der Waals surface area contributed by atoms with Crippen LogP contribution < -0.4 is 10.1 Å². The number of nitrogens with one attached hydrogen (secondary N) is 1. The summed E-state index contributed by atoms with van der Waals surface area (Å²) < 4.78 is 10.5. The maximum Gasteiger partial charge on any atom is 0.262 e. The number of ether oxygens (including phenoxy) is 2. The highest BCUT2D eigenvalue weighted by molar-refractivity contribution is 5.96. The van der Waals surface area contributed by atoms with Crippen molar-refractivity contribution >= 4 is 17.4 Å². The summed E-state index contributed by atoms with van der Waals surface area (Å²) in [7, 11) is 0. The van der Waals surface area contributed by atoms with E-state index in [-0.39, 0.29) is 18.3 Å². The van der Waals surface area contributed by atoms with Crippen molar-refractivity contribution in [3.05, 3.63) is 23.8 Å². The minimum Gasteiger partial charge on any atom is -0.482 e. The second-order valence-electron chi connectivity index (χ2n) is 4.68. The largest absolute Gasteiger partial charge is 0.482 e. The van der Waals surface area contributed by atoms with Crippen molar-refractivity contribution in [2.75, 3.05) is 25.1 Å². The van der Waals surface area contributed by atoms with Crippen LogP contribution in [-0.4, -0.2) is 31.5 Å². The van der Waals surface area contributed by atoms with E-state index in [0.717, 1.165) is 5.56 Å². The molecule has 18 heavy (non-hydrogen) atoms. The fourth-order valence-electron chi connectivity index (χ4n) is 2.26. The van der Waals surface area contributed by atoms with Crippen molar-refractivity contribution in [3.63, 3.8) is 0 Å². The van der Waals surface area contributed by atoms with Gasteiger partial charge in [-0.2, -0.15) is 0 Å². The van der Waals surface area contributed by atoms with Crippen LogP contribution in [0.1, 0.15) is 12.5 Å². The second-order valence-corrected chi connectivity index (χ2v) is 4.68. The zero-order valence-electron chi connectivity index (χ0n) is 9.99. The minimum absolute atomic E-state index is 0.0350. The van der Waals surface area contributed by atoms with Crippen molar-refractivity contribution in [1.82, 2.24) is 0 Å². The van der Waals surface area contributed by atoms with Gasteiger partial charge in [0.05, 0.1) is 18.9 Å². The molecule has 1 amide bonds. The monoisotopic (exact) mass is 247 g/mol. The van der Waals surface area contributed by atoms with Crippen LogP contribution in [0.2, 0.25) is 0 Å². The van der Waals surface area contributed by atoms with Gasteiger partial charge in [0.15, 0.2) is 6.61 Å². The fourth-order valence-corrected chi connectivity index (χ4v) is 2.26. The lowest BCUT2D eigenvalue weighted by Gasteiger charge is -2.40. The molecule has 3 rings (SSSR count). The van der Waals surface area contributed by atoms with Gasteiger partial charge in [-0.3, -0.25) is 9.59 Å². The summed E-state index contributed by atoms with van der Waals surface area (Å²) in [4.78, 5) is 23.1. The van der Waals surface area contributed by atoms with E-state index >= 15 is 0 Å². The number of hydrogen-bond acceptors (Lipinski definition) is 4. The molecule has 0 unspecified atom stereocenters. The minimum atomic E-state index is -0.558. The molecule has 5 nitrogen and oxygen atoms in total. The average Bonchev–Trinajstić information content (AvgIpc) is 2.26. The summed E-state index contributed by atoms with van der Waals surface area (Å²) >= 11 is 0. The lowest BCUT2D eigenvalue weighted by atomic mass is 9.75. The van der Waals surface area contributed by atoms with Crippen molar-refractivity contribution in [3.8, 4) is 5.75 Å². The Kier molecular flexibility index (Phi) is 2.38. The van der Waals surface area contributed by atoms with Crippen molar-refractivity contribution < 1.29 is 19.1 Å². The van der Waals surface area contributed by atoms with E-state index in [2.05, 4.69) is 5.32 Å². The predicted molar refractivity (Wildman–Crippen MR) is 63.7 cm³/mol. The van der Waals surface area contributed by atoms with Gasteiger partial charge in [-0.25, -0.2) is 0 Å². The molecular formula is C13H13NO4. The molecule has 2 heterocycles. The van der Waals surface area contributed by atoms with E-state index in [1.165, 1.54) is 0 Å². The molecule has 0 bridgehead atoms. The van der Waals surface area contributed by atoms with Crippen LogP contribution >= 0.6 is 0 Å². The van der Waals surface area contributed by atoms with Crippen LogP contribution in [-0.2, 0) is 19.7 Å². The third-order valence-electron chi connectivity index (χ3n) is 3.54.